The van der Waals surface area contributed by atoms with E-state index in [1.165, 1.54) is 25.0 Å². The molecule has 3 nitrogen and oxygen atoms in total. The van der Waals surface area contributed by atoms with Gasteiger partial charge >= 0.3 is 6.18 Å². The molecule has 0 unspecified atom stereocenters. The van der Waals surface area contributed by atoms with Gasteiger partial charge in [0.05, 0.1) is 11.4 Å². The summed E-state index contributed by atoms with van der Waals surface area (Å²) in [6.45, 7) is 5.23. The molecule has 0 bridgehead atoms. The Hall–Kier alpha value is -3.15. The van der Waals surface area contributed by atoms with Crippen LogP contribution >= 0.6 is 0 Å². The average molecular weight is 400 g/mol. The first kappa shape index (κ1) is 22.1. The zero-order chi connectivity index (χ0) is 21.4. The van der Waals surface area contributed by atoms with E-state index < -0.39 is 17.7 Å². The molecule has 1 aliphatic rings. The van der Waals surface area contributed by atoms with Crippen molar-refractivity contribution in [2.24, 2.45) is 11.7 Å². The third kappa shape index (κ3) is 7.78. The van der Waals surface area contributed by atoms with E-state index in [4.69, 9.17) is 5.73 Å². The quantitative estimate of drug-likeness (QED) is 0.631. The predicted octanol–water partition coefficient (Wildman–Crippen LogP) is 5.95. The summed E-state index contributed by atoms with van der Waals surface area (Å²) in [7, 11) is 0. The highest BCUT2D eigenvalue weighted by molar-refractivity contribution is 5.93. The number of hydrogen-bond acceptors (Lipinski definition) is 2. The minimum absolute atomic E-state index is 0.398. The summed E-state index contributed by atoms with van der Waals surface area (Å²) in [6.07, 6.45) is 3.73. The largest absolute Gasteiger partial charge is 0.415 e. The van der Waals surface area contributed by atoms with E-state index in [9.17, 15) is 18.0 Å². The Morgan fingerprint density at radius 2 is 1.76 bits per heavy atom. The molecule has 1 aromatic carbocycles. The third-order valence-electron chi connectivity index (χ3n) is 4.14. The maximum absolute atomic E-state index is 12.3. The van der Waals surface area contributed by atoms with Gasteiger partial charge in [-0.3, -0.25) is 4.79 Å². The van der Waals surface area contributed by atoms with E-state index in [-0.39, 0.29) is 0 Å². The molecule has 0 spiro atoms. The summed E-state index contributed by atoms with van der Waals surface area (Å²) in [5, 5.41) is 0. The number of primary amides is 1. The Balaban J connectivity index is 0.000000666. The molecule has 2 aromatic rings. The van der Waals surface area contributed by atoms with Gasteiger partial charge in [0.15, 0.2) is 0 Å². The molecule has 2 N–H and O–H groups in total. The molecule has 1 aliphatic carbocycles. The van der Waals surface area contributed by atoms with Crippen molar-refractivity contribution in [2.75, 3.05) is 0 Å². The molecule has 0 aliphatic heterocycles. The standard InChI is InChI=1S/C19H15F3N2O.C4H8/c1-13(19(20,21)22)5-2-3-6-16-7-4-8-17(24-16)14-9-11-15(12-10-14)18(23)25;1-4-2-3-4/h2-12H,1H2,(H2,23,25);4H,2-3H2,1H3/b5-2-,6-3+;. The highest BCUT2D eigenvalue weighted by Crippen LogP contribution is 2.26. The minimum atomic E-state index is -4.43. The van der Waals surface area contributed by atoms with E-state index >= 15 is 0 Å². The number of carbonyl (C=O) groups is 1. The van der Waals surface area contributed by atoms with Gasteiger partial charge in [-0.2, -0.15) is 13.2 Å². The summed E-state index contributed by atoms with van der Waals surface area (Å²) in [5.74, 6) is 0.573. The van der Waals surface area contributed by atoms with Crippen LogP contribution in [0.1, 0.15) is 35.8 Å². The minimum Gasteiger partial charge on any atom is -0.366 e. The van der Waals surface area contributed by atoms with Gasteiger partial charge in [0.1, 0.15) is 0 Å². The van der Waals surface area contributed by atoms with Crippen molar-refractivity contribution in [1.82, 2.24) is 4.98 Å². The molecule has 6 heteroatoms. The average Bonchev–Trinajstić information content (AvgIpc) is 3.47. The molecule has 1 fully saturated rings. The Kier molecular flexibility index (Phi) is 7.53. The Morgan fingerprint density at radius 1 is 1.14 bits per heavy atom. The number of rotatable bonds is 5. The van der Waals surface area contributed by atoms with Gasteiger partial charge in [-0.15, -0.1) is 0 Å². The van der Waals surface area contributed by atoms with Gasteiger partial charge in [0, 0.05) is 16.7 Å². The lowest BCUT2D eigenvalue weighted by Crippen LogP contribution is -2.10. The lowest BCUT2D eigenvalue weighted by molar-refractivity contribution is -0.0878. The van der Waals surface area contributed by atoms with E-state index in [2.05, 4.69) is 18.5 Å². The number of halogens is 3. The molecule has 0 saturated heterocycles. The summed E-state index contributed by atoms with van der Waals surface area (Å²) < 4.78 is 36.9. The van der Waals surface area contributed by atoms with Crippen molar-refractivity contribution in [3.8, 4) is 11.3 Å². The van der Waals surface area contributed by atoms with E-state index in [1.807, 2.05) is 0 Å². The van der Waals surface area contributed by atoms with Gasteiger partial charge in [-0.05, 0) is 36.3 Å². The summed E-state index contributed by atoms with van der Waals surface area (Å²) in [5.41, 5.74) is 6.71. The monoisotopic (exact) mass is 400 g/mol. The second-order valence-electron chi connectivity index (χ2n) is 6.81. The zero-order valence-electron chi connectivity index (χ0n) is 16.1. The maximum Gasteiger partial charge on any atom is 0.415 e. The molecule has 1 amide bonds. The van der Waals surface area contributed by atoms with Crippen molar-refractivity contribution in [2.45, 2.75) is 25.9 Å². The Bertz CT molecular complexity index is 908. The van der Waals surface area contributed by atoms with Crippen molar-refractivity contribution in [3.05, 3.63) is 84.1 Å². The number of pyridine rings is 1. The second kappa shape index (κ2) is 9.87. The fourth-order valence-corrected chi connectivity index (χ4v) is 2.10. The van der Waals surface area contributed by atoms with Gasteiger partial charge in [-0.25, -0.2) is 4.98 Å². The van der Waals surface area contributed by atoms with E-state index in [0.29, 0.717) is 17.0 Å². The summed E-state index contributed by atoms with van der Waals surface area (Å²) in [4.78, 5) is 15.5. The lowest BCUT2D eigenvalue weighted by atomic mass is 10.1. The molecule has 1 saturated carbocycles. The molecule has 0 atom stereocenters. The molecule has 29 heavy (non-hydrogen) atoms. The molecular formula is C23H23F3N2O. The van der Waals surface area contributed by atoms with Crippen molar-refractivity contribution in [3.63, 3.8) is 0 Å². The number of benzene rings is 1. The number of carbonyl (C=O) groups excluding carboxylic acids is 1. The number of hydrogen-bond donors (Lipinski definition) is 1. The van der Waals surface area contributed by atoms with Crippen molar-refractivity contribution < 1.29 is 18.0 Å². The van der Waals surface area contributed by atoms with Crippen LogP contribution in [-0.2, 0) is 0 Å². The van der Waals surface area contributed by atoms with Gasteiger partial charge < -0.3 is 5.73 Å². The van der Waals surface area contributed by atoms with Gasteiger partial charge in [-0.1, -0.05) is 62.8 Å². The highest BCUT2D eigenvalue weighted by Gasteiger charge is 2.29. The first-order chi connectivity index (χ1) is 13.7. The third-order valence-corrected chi connectivity index (χ3v) is 4.14. The summed E-state index contributed by atoms with van der Waals surface area (Å²) in [6, 6.07) is 12.0. The van der Waals surface area contributed by atoms with Crippen LogP contribution in [0.2, 0.25) is 0 Å². The molecule has 0 radical (unpaired) electrons. The number of allylic oxidation sites excluding steroid dienone is 4. The molecular weight excluding hydrogens is 377 g/mol. The Morgan fingerprint density at radius 3 is 2.28 bits per heavy atom. The van der Waals surface area contributed by atoms with Crippen LogP contribution in [-0.4, -0.2) is 17.1 Å². The Labute approximate surface area is 168 Å². The summed E-state index contributed by atoms with van der Waals surface area (Å²) >= 11 is 0. The molecule has 1 heterocycles. The second-order valence-corrected chi connectivity index (χ2v) is 6.81. The van der Waals surface area contributed by atoms with E-state index in [1.54, 1.807) is 48.5 Å². The SMILES string of the molecule is C=C(/C=C\C=C\c1cccc(-c2ccc(C(N)=O)cc2)n1)C(F)(F)F.CC1CC1. The number of nitrogens with two attached hydrogens (primary N) is 1. The highest BCUT2D eigenvalue weighted by atomic mass is 19.4. The zero-order valence-corrected chi connectivity index (χ0v) is 16.1. The molecule has 1 aromatic heterocycles. The van der Waals surface area contributed by atoms with Crippen LogP contribution in [0.25, 0.3) is 17.3 Å². The van der Waals surface area contributed by atoms with Crippen LogP contribution < -0.4 is 5.73 Å². The smallest absolute Gasteiger partial charge is 0.366 e. The van der Waals surface area contributed by atoms with E-state index in [0.717, 1.165) is 17.6 Å². The lowest BCUT2D eigenvalue weighted by Gasteiger charge is -2.04. The van der Waals surface area contributed by atoms with Crippen LogP contribution in [0.5, 0.6) is 0 Å². The van der Waals surface area contributed by atoms with Crippen LogP contribution in [0.3, 0.4) is 0 Å². The maximum atomic E-state index is 12.3. The number of alkyl halides is 3. The van der Waals surface area contributed by atoms with Gasteiger partial charge in [0.2, 0.25) is 5.91 Å². The molecule has 152 valence electrons. The molecule has 3 rings (SSSR count). The van der Waals surface area contributed by atoms with Gasteiger partial charge in [0.25, 0.3) is 0 Å². The first-order valence-corrected chi connectivity index (χ1v) is 9.15. The van der Waals surface area contributed by atoms with Crippen molar-refractivity contribution in [1.29, 1.82) is 0 Å². The number of aromatic nitrogens is 1. The van der Waals surface area contributed by atoms with Crippen LogP contribution in [0, 0.1) is 5.92 Å². The number of nitrogens with zero attached hydrogens (tertiary/aromatic N) is 1. The van der Waals surface area contributed by atoms with Crippen LogP contribution in [0.15, 0.2) is 72.8 Å². The van der Waals surface area contributed by atoms with Crippen LogP contribution in [0.4, 0.5) is 13.2 Å². The normalized spacial score (nSPS) is 13.9. The fourth-order valence-electron chi connectivity index (χ4n) is 2.10. The first-order valence-electron chi connectivity index (χ1n) is 9.15. The number of amides is 1. The van der Waals surface area contributed by atoms with Crippen molar-refractivity contribution >= 4 is 12.0 Å². The topological polar surface area (TPSA) is 56.0 Å². The predicted molar refractivity (Wildman–Crippen MR) is 110 cm³/mol. The fraction of sp³-hybridized carbons (Fsp3) is 0.217.